The molecule has 0 aliphatic carbocycles. The molecule has 1 amide bonds. The summed E-state index contributed by atoms with van der Waals surface area (Å²) < 4.78 is 0. The van der Waals surface area contributed by atoms with E-state index in [0.29, 0.717) is 22.2 Å². The number of carbonyl (C=O) groups is 1. The minimum Gasteiger partial charge on any atom is -0.321 e. The molecule has 1 N–H and O–H groups in total. The third-order valence-electron chi connectivity index (χ3n) is 5.17. The summed E-state index contributed by atoms with van der Waals surface area (Å²) in [6.45, 7) is 0. The molecule has 1 aliphatic heterocycles. The molecule has 5 nitrogen and oxygen atoms in total. The fraction of sp³-hybridized carbons (Fsp3) is 0.0385. The molecule has 1 aliphatic rings. The van der Waals surface area contributed by atoms with Gasteiger partial charge in [-0.3, -0.25) is 9.78 Å². The first-order valence-corrected chi connectivity index (χ1v) is 11.7. The van der Waals surface area contributed by atoms with Crippen molar-refractivity contribution in [2.45, 2.75) is 4.90 Å². The summed E-state index contributed by atoms with van der Waals surface area (Å²) in [5.74, 6) is 0.348. The number of halogens is 1. The van der Waals surface area contributed by atoms with Gasteiger partial charge in [0.2, 0.25) is 0 Å². The van der Waals surface area contributed by atoms with Gasteiger partial charge in [0.05, 0.1) is 23.0 Å². The molecule has 1 radical (unpaired) electrons. The third kappa shape index (κ3) is 4.62. The molecule has 2 heterocycles. The topological polar surface area (TPSA) is 68.5 Å². The van der Waals surface area contributed by atoms with Crippen LogP contribution < -0.4 is 10.7 Å². The Morgan fingerprint density at radius 3 is 2.58 bits per heavy atom. The zero-order valence-corrected chi connectivity index (χ0v) is 19.0. The molecule has 0 atom stereocenters. The highest BCUT2D eigenvalue weighted by molar-refractivity contribution is 7.99. The average molecular weight is 470 g/mol. The Labute approximate surface area is 200 Å². The van der Waals surface area contributed by atoms with Crippen molar-refractivity contribution in [3.8, 4) is 0 Å². The van der Waals surface area contributed by atoms with Crippen LogP contribution in [0.2, 0.25) is 0 Å². The van der Waals surface area contributed by atoms with Crippen molar-refractivity contribution >= 4 is 51.6 Å². The number of nitrogens with one attached hydrogen (secondary N) is 1. The van der Waals surface area contributed by atoms with Gasteiger partial charge in [-0.05, 0) is 24.3 Å². The number of hydrogen-bond donors (Lipinski definition) is 1. The minimum atomic E-state index is -0.191. The van der Waals surface area contributed by atoms with Crippen LogP contribution in [0.25, 0.3) is 10.9 Å². The van der Waals surface area contributed by atoms with Gasteiger partial charge in [-0.2, -0.15) is 0 Å². The Morgan fingerprint density at radius 1 is 0.939 bits per heavy atom. The number of benzene rings is 3. The first-order valence-electron chi connectivity index (χ1n) is 10.3. The summed E-state index contributed by atoms with van der Waals surface area (Å²) >= 11 is 7.87. The molecule has 0 fully saturated rings. The zero-order valence-electron chi connectivity index (χ0n) is 17.4. The van der Waals surface area contributed by atoms with Crippen molar-refractivity contribution in [2.24, 2.45) is 5.10 Å². The number of fused-ring (bicyclic) bond motifs is 1. The van der Waals surface area contributed by atoms with Crippen LogP contribution in [0, 0.1) is 0 Å². The lowest BCUT2D eigenvalue weighted by atomic mass is 10.1. The number of pyridine rings is 1. The number of thioether (sulfide) groups is 1. The summed E-state index contributed by atoms with van der Waals surface area (Å²) in [6.07, 6.45) is 1.67. The van der Waals surface area contributed by atoms with Crippen molar-refractivity contribution in [2.75, 3.05) is 11.1 Å². The summed E-state index contributed by atoms with van der Waals surface area (Å²) in [7, 11) is 0. The molecular formula is C26H18ClN4OS. The van der Waals surface area contributed by atoms with Crippen LogP contribution >= 0.6 is 23.4 Å². The molecular weight excluding hydrogens is 452 g/mol. The van der Waals surface area contributed by atoms with Crippen molar-refractivity contribution in [3.63, 3.8) is 0 Å². The maximum atomic E-state index is 13.1. The number of amides is 1. The van der Waals surface area contributed by atoms with E-state index in [0.717, 1.165) is 32.6 Å². The number of rotatable bonds is 6. The molecule has 0 spiro atoms. The highest BCUT2D eigenvalue weighted by Crippen LogP contribution is 2.30. The van der Waals surface area contributed by atoms with Crippen molar-refractivity contribution in [3.05, 3.63) is 113 Å². The maximum absolute atomic E-state index is 13.1. The van der Waals surface area contributed by atoms with Crippen LogP contribution in [0.1, 0.15) is 15.9 Å². The van der Waals surface area contributed by atoms with Crippen LogP contribution in [0.15, 0.2) is 112 Å². The lowest BCUT2D eigenvalue weighted by Gasteiger charge is -2.11. The molecule has 161 valence electrons. The number of para-hydroxylation sites is 1. The normalized spacial score (nSPS) is 13.1. The summed E-state index contributed by atoms with van der Waals surface area (Å²) in [4.78, 5) is 18.4. The fourth-order valence-corrected chi connectivity index (χ4v) is 4.87. The molecule has 0 saturated carbocycles. The Bertz CT molecular complexity index is 1400. The van der Waals surface area contributed by atoms with Gasteiger partial charge >= 0.3 is 0 Å². The molecule has 0 unspecified atom stereocenters. The average Bonchev–Trinajstić information content (AvgIpc) is 3.23. The van der Waals surface area contributed by atoms with Crippen molar-refractivity contribution in [1.82, 2.24) is 10.4 Å². The SMILES string of the molecule is O=C(Nc1cnc2ccccc2c1)c1ccccc1SCC1=C(Cl)[N]N=C1c1ccccc1. The number of aromatic nitrogens is 1. The standard InChI is InChI=1S/C26H18ClN4OS/c27-25-21(24(30-31-25)17-8-2-1-3-9-17)16-33-23-13-7-5-11-20(23)26(32)29-19-14-18-10-4-6-12-22(18)28-15-19/h1-15H,16H2,(H,29,32). The van der Waals surface area contributed by atoms with E-state index in [1.807, 2.05) is 84.9 Å². The quantitative estimate of drug-likeness (QED) is 0.276. The molecule has 0 saturated heterocycles. The highest BCUT2D eigenvalue weighted by atomic mass is 35.5. The van der Waals surface area contributed by atoms with Gasteiger partial charge in [-0.25, -0.2) is 0 Å². The van der Waals surface area contributed by atoms with E-state index in [9.17, 15) is 4.79 Å². The molecule has 7 heteroatoms. The first kappa shape index (κ1) is 21.2. The predicted molar refractivity (Wildman–Crippen MR) is 135 cm³/mol. The number of carbonyl (C=O) groups excluding carboxylic acids is 1. The molecule has 1 aromatic heterocycles. The molecule has 0 bridgehead atoms. The largest absolute Gasteiger partial charge is 0.321 e. The fourth-order valence-electron chi connectivity index (χ4n) is 3.54. The maximum Gasteiger partial charge on any atom is 0.256 e. The van der Waals surface area contributed by atoms with Crippen LogP contribution in [0.5, 0.6) is 0 Å². The smallest absolute Gasteiger partial charge is 0.256 e. The third-order valence-corrected chi connectivity index (χ3v) is 6.58. The van der Waals surface area contributed by atoms with Gasteiger partial charge < -0.3 is 5.32 Å². The minimum absolute atomic E-state index is 0.191. The zero-order chi connectivity index (χ0) is 22.6. The van der Waals surface area contributed by atoms with E-state index in [1.165, 1.54) is 11.8 Å². The van der Waals surface area contributed by atoms with Crippen LogP contribution in [-0.2, 0) is 0 Å². The first-order chi connectivity index (χ1) is 16.2. The van der Waals surface area contributed by atoms with E-state index >= 15 is 0 Å². The number of nitrogens with zero attached hydrogens (tertiary/aromatic N) is 3. The lowest BCUT2D eigenvalue weighted by molar-refractivity contribution is 0.102. The van der Waals surface area contributed by atoms with Crippen LogP contribution in [0.3, 0.4) is 0 Å². The highest BCUT2D eigenvalue weighted by Gasteiger charge is 2.22. The number of anilines is 1. The Balaban J connectivity index is 1.34. The van der Waals surface area contributed by atoms with Crippen LogP contribution in [0.4, 0.5) is 5.69 Å². The summed E-state index contributed by atoms with van der Waals surface area (Å²) in [5.41, 5.74) is 8.75. The Morgan fingerprint density at radius 2 is 1.70 bits per heavy atom. The summed E-state index contributed by atoms with van der Waals surface area (Å²) in [6, 6.07) is 27.0. The van der Waals surface area contributed by atoms with Gasteiger partial charge in [0.15, 0.2) is 5.16 Å². The van der Waals surface area contributed by atoms with E-state index in [1.54, 1.807) is 6.20 Å². The second-order valence-electron chi connectivity index (χ2n) is 7.34. The van der Waals surface area contributed by atoms with Gasteiger partial charge in [0.1, 0.15) is 5.71 Å². The van der Waals surface area contributed by atoms with Gasteiger partial charge in [-0.1, -0.05) is 72.3 Å². The lowest BCUT2D eigenvalue weighted by Crippen LogP contribution is -2.13. The van der Waals surface area contributed by atoms with Gasteiger partial charge in [0.25, 0.3) is 5.91 Å². The number of hydrogen-bond acceptors (Lipinski definition) is 4. The molecule has 33 heavy (non-hydrogen) atoms. The van der Waals surface area contributed by atoms with E-state index in [2.05, 4.69) is 20.8 Å². The second kappa shape index (κ2) is 9.48. The van der Waals surface area contributed by atoms with Crippen molar-refractivity contribution < 1.29 is 4.79 Å². The Kier molecular flexibility index (Phi) is 6.11. The van der Waals surface area contributed by atoms with E-state index in [4.69, 9.17) is 11.6 Å². The second-order valence-corrected chi connectivity index (χ2v) is 8.71. The van der Waals surface area contributed by atoms with Gasteiger partial charge in [0, 0.05) is 27.2 Å². The van der Waals surface area contributed by atoms with E-state index in [-0.39, 0.29) is 5.91 Å². The summed E-state index contributed by atoms with van der Waals surface area (Å²) in [5, 5.41) is 8.57. The molecule has 3 aromatic carbocycles. The monoisotopic (exact) mass is 469 g/mol. The van der Waals surface area contributed by atoms with Gasteiger partial charge in [-0.15, -0.1) is 22.3 Å². The Hall–Kier alpha value is -3.61. The van der Waals surface area contributed by atoms with E-state index < -0.39 is 0 Å². The molecule has 5 rings (SSSR count). The molecule has 4 aromatic rings. The van der Waals surface area contributed by atoms with Crippen LogP contribution in [-0.4, -0.2) is 22.4 Å². The predicted octanol–water partition coefficient (Wildman–Crippen LogP) is 6.05. The van der Waals surface area contributed by atoms with Crippen molar-refractivity contribution in [1.29, 1.82) is 0 Å².